The van der Waals surface area contributed by atoms with Gasteiger partial charge in [-0.2, -0.15) is 4.31 Å². The number of hydrogen-bond acceptors (Lipinski definition) is 6. The molecule has 0 amide bonds. The van der Waals surface area contributed by atoms with Crippen LogP contribution in [0.1, 0.15) is 28.7 Å². The number of rotatable bonds is 8. The van der Waals surface area contributed by atoms with Crippen molar-refractivity contribution in [2.45, 2.75) is 32.4 Å². The largest absolute Gasteiger partial charge is 0.494 e. The van der Waals surface area contributed by atoms with Crippen LogP contribution >= 0.6 is 0 Å². The number of aliphatic hydroxyl groups excluding tert-OH is 1. The predicted molar refractivity (Wildman–Crippen MR) is 123 cm³/mol. The van der Waals surface area contributed by atoms with Crippen LogP contribution in [0.25, 0.3) is 11.4 Å². The molecule has 1 aliphatic rings. The van der Waals surface area contributed by atoms with Gasteiger partial charge in [-0.1, -0.05) is 30.3 Å². The summed E-state index contributed by atoms with van der Waals surface area (Å²) in [4.78, 5) is 8.56. The summed E-state index contributed by atoms with van der Waals surface area (Å²) in [6.07, 6.45) is 7.02. The van der Waals surface area contributed by atoms with E-state index < -0.39 is 10.0 Å². The van der Waals surface area contributed by atoms with E-state index in [9.17, 15) is 8.42 Å². The zero-order chi connectivity index (χ0) is 22.6. The summed E-state index contributed by atoms with van der Waals surface area (Å²) in [6.45, 7) is 1.50. The Morgan fingerprint density at radius 1 is 1.03 bits per heavy atom. The Bertz CT molecular complexity index is 1160. The molecule has 3 aromatic rings. The second-order valence-corrected chi connectivity index (χ2v) is 9.98. The normalized spacial score (nSPS) is 14.2. The van der Waals surface area contributed by atoms with Crippen LogP contribution in [0, 0.1) is 0 Å². The van der Waals surface area contributed by atoms with Crippen LogP contribution in [0.15, 0.2) is 54.9 Å². The highest BCUT2D eigenvalue weighted by molar-refractivity contribution is 7.88. The van der Waals surface area contributed by atoms with Gasteiger partial charge in [0.1, 0.15) is 5.75 Å². The van der Waals surface area contributed by atoms with Gasteiger partial charge in [-0.3, -0.25) is 0 Å². The van der Waals surface area contributed by atoms with Crippen molar-refractivity contribution in [3.63, 3.8) is 0 Å². The molecule has 0 bridgehead atoms. The fourth-order valence-corrected chi connectivity index (χ4v) is 4.55. The Balaban J connectivity index is 1.26. The third-order valence-corrected chi connectivity index (χ3v) is 6.85. The van der Waals surface area contributed by atoms with Gasteiger partial charge in [0, 0.05) is 36.6 Å². The summed E-state index contributed by atoms with van der Waals surface area (Å²) in [5.74, 6) is 1.47. The number of aryl methyl sites for hydroxylation is 1. The number of sulfonamides is 1. The van der Waals surface area contributed by atoms with E-state index in [1.165, 1.54) is 16.1 Å². The second kappa shape index (κ2) is 9.77. The van der Waals surface area contributed by atoms with E-state index in [4.69, 9.17) is 9.84 Å². The van der Waals surface area contributed by atoms with E-state index in [0.29, 0.717) is 37.5 Å². The number of aromatic nitrogens is 2. The lowest BCUT2D eigenvalue weighted by Gasteiger charge is -2.27. The first-order valence-electron chi connectivity index (χ1n) is 10.6. The number of hydrogen-bond donors (Lipinski definition) is 1. The highest BCUT2D eigenvalue weighted by atomic mass is 32.2. The average molecular weight is 454 g/mol. The molecule has 168 valence electrons. The Morgan fingerprint density at radius 3 is 2.47 bits per heavy atom. The van der Waals surface area contributed by atoms with E-state index in [1.807, 2.05) is 30.3 Å². The fraction of sp³-hybridized carbons (Fsp3) is 0.333. The van der Waals surface area contributed by atoms with Crippen molar-refractivity contribution in [3.05, 3.63) is 77.1 Å². The number of aliphatic hydroxyl groups is 1. The van der Waals surface area contributed by atoms with E-state index in [0.717, 1.165) is 35.3 Å². The van der Waals surface area contributed by atoms with E-state index in [2.05, 4.69) is 22.1 Å². The summed E-state index contributed by atoms with van der Waals surface area (Å²) in [7, 11) is -3.16. The third kappa shape index (κ3) is 5.51. The van der Waals surface area contributed by atoms with Crippen LogP contribution in [0.3, 0.4) is 0 Å². The minimum Gasteiger partial charge on any atom is -0.494 e. The molecule has 2 heterocycles. The number of ether oxygens (including phenoxy) is 1. The maximum absolute atomic E-state index is 11.8. The molecule has 1 aromatic heterocycles. The number of fused-ring (bicyclic) bond motifs is 1. The van der Waals surface area contributed by atoms with E-state index in [1.54, 1.807) is 12.4 Å². The molecule has 1 aliphatic heterocycles. The molecule has 0 spiro atoms. The highest BCUT2D eigenvalue weighted by Gasteiger charge is 2.23. The lowest BCUT2D eigenvalue weighted by Crippen LogP contribution is -2.35. The molecular formula is C24H27N3O4S. The number of benzene rings is 2. The van der Waals surface area contributed by atoms with Crippen molar-refractivity contribution >= 4 is 10.0 Å². The van der Waals surface area contributed by atoms with Crippen LogP contribution in [0.4, 0.5) is 0 Å². The predicted octanol–water partition coefficient (Wildman–Crippen LogP) is 2.97. The topological polar surface area (TPSA) is 92.6 Å². The van der Waals surface area contributed by atoms with Crippen molar-refractivity contribution < 1.29 is 18.3 Å². The summed E-state index contributed by atoms with van der Waals surface area (Å²) in [6, 6.07) is 14.1. The van der Waals surface area contributed by atoms with Crippen LogP contribution in [0.2, 0.25) is 0 Å². The second-order valence-electron chi connectivity index (χ2n) is 8.00. The summed E-state index contributed by atoms with van der Waals surface area (Å²) in [5, 5.41) is 9.09. The quantitative estimate of drug-likeness (QED) is 0.527. The highest BCUT2D eigenvalue weighted by Crippen LogP contribution is 2.25. The summed E-state index contributed by atoms with van der Waals surface area (Å²) < 4.78 is 31.0. The van der Waals surface area contributed by atoms with E-state index >= 15 is 0 Å². The molecule has 0 fully saturated rings. The minimum absolute atomic E-state index is 0.0610. The lowest BCUT2D eigenvalue weighted by atomic mass is 10.0. The first-order valence-corrected chi connectivity index (χ1v) is 12.5. The maximum atomic E-state index is 11.8. The molecule has 0 aliphatic carbocycles. The Morgan fingerprint density at radius 2 is 1.78 bits per heavy atom. The van der Waals surface area contributed by atoms with Crippen molar-refractivity contribution in [1.82, 2.24) is 14.3 Å². The van der Waals surface area contributed by atoms with Gasteiger partial charge in [0.2, 0.25) is 10.0 Å². The van der Waals surface area contributed by atoms with Crippen LogP contribution in [-0.2, 0) is 36.0 Å². The van der Waals surface area contributed by atoms with Gasteiger partial charge in [0.25, 0.3) is 0 Å². The molecule has 7 nitrogen and oxygen atoms in total. The van der Waals surface area contributed by atoms with Crippen LogP contribution < -0.4 is 4.74 Å². The third-order valence-electron chi connectivity index (χ3n) is 5.60. The SMILES string of the molecule is CS(=O)(=O)N1CCc2cc(OCCCc3ccc(-c4ncc(CO)cn4)cc3)ccc2C1. The minimum atomic E-state index is -3.16. The Labute approximate surface area is 188 Å². The smallest absolute Gasteiger partial charge is 0.211 e. The molecule has 0 unspecified atom stereocenters. The zero-order valence-electron chi connectivity index (χ0n) is 18.1. The van der Waals surface area contributed by atoms with Gasteiger partial charge < -0.3 is 9.84 Å². The van der Waals surface area contributed by atoms with Gasteiger partial charge in [0.05, 0.1) is 19.5 Å². The lowest BCUT2D eigenvalue weighted by molar-refractivity contribution is 0.281. The van der Waals surface area contributed by atoms with Gasteiger partial charge in [-0.25, -0.2) is 18.4 Å². The van der Waals surface area contributed by atoms with Crippen molar-refractivity contribution in [3.8, 4) is 17.1 Å². The van der Waals surface area contributed by atoms with Crippen LogP contribution in [0.5, 0.6) is 5.75 Å². The van der Waals surface area contributed by atoms with Gasteiger partial charge in [-0.05, 0) is 48.1 Å². The average Bonchev–Trinajstić information content (AvgIpc) is 2.81. The molecular weight excluding hydrogens is 426 g/mol. The van der Waals surface area contributed by atoms with E-state index in [-0.39, 0.29) is 6.61 Å². The van der Waals surface area contributed by atoms with Crippen molar-refractivity contribution in [2.24, 2.45) is 0 Å². The van der Waals surface area contributed by atoms with Crippen LogP contribution in [-0.4, -0.2) is 47.2 Å². The fourth-order valence-electron chi connectivity index (χ4n) is 3.75. The van der Waals surface area contributed by atoms with Gasteiger partial charge in [-0.15, -0.1) is 0 Å². The molecule has 0 saturated heterocycles. The maximum Gasteiger partial charge on any atom is 0.211 e. The molecule has 2 aromatic carbocycles. The van der Waals surface area contributed by atoms with Crippen molar-refractivity contribution in [2.75, 3.05) is 19.4 Å². The molecule has 0 radical (unpaired) electrons. The number of nitrogens with zero attached hydrogens (tertiary/aromatic N) is 3. The van der Waals surface area contributed by atoms with Gasteiger partial charge >= 0.3 is 0 Å². The Hall–Kier alpha value is -2.81. The first kappa shape index (κ1) is 22.4. The molecule has 4 rings (SSSR count). The first-order chi connectivity index (χ1) is 15.4. The molecule has 1 N–H and O–H groups in total. The molecule has 0 atom stereocenters. The Kier molecular flexibility index (Phi) is 6.83. The molecule has 8 heteroatoms. The molecule has 0 saturated carbocycles. The summed E-state index contributed by atoms with van der Waals surface area (Å²) in [5.41, 5.74) is 5.06. The summed E-state index contributed by atoms with van der Waals surface area (Å²) >= 11 is 0. The van der Waals surface area contributed by atoms with Crippen molar-refractivity contribution in [1.29, 1.82) is 0 Å². The standard InChI is InChI=1S/C24H27N3O4S/c1-32(29,30)27-11-10-21-13-23(9-8-22(21)16-27)31-12-2-3-18-4-6-20(7-5-18)24-25-14-19(17-28)15-26-24/h4-9,13-15,28H,2-3,10-12,16-17H2,1H3. The van der Waals surface area contributed by atoms with Gasteiger partial charge in [0.15, 0.2) is 5.82 Å². The zero-order valence-corrected chi connectivity index (χ0v) is 18.9. The monoisotopic (exact) mass is 453 g/mol. The molecule has 32 heavy (non-hydrogen) atoms.